The zero-order valence-electron chi connectivity index (χ0n) is 31.7. The van der Waals surface area contributed by atoms with Crippen molar-refractivity contribution in [1.29, 1.82) is 5.26 Å². The molecular formula is C38H41N5O16. The smallest absolute Gasteiger partial charge is 0.481 e. The van der Waals surface area contributed by atoms with E-state index in [4.69, 9.17) is 37.9 Å². The number of non-ortho nitro benzene ring substituents is 1. The Morgan fingerprint density at radius 2 is 1.80 bits per heavy atom. The number of hydrogen-bond acceptors (Lipinski definition) is 17. The molecule has 2 N–H and O–H groups in total. The van der Waals surface area contributed by atoms with Crippen LogP contribution < -0.4 is 11.0 Å². The van der Waals surface area contributed by atoms with Gasteiger partial charge in [0.2, 0.25) is 0 Å². The highest BCUT2D eigenvalue weighted by Crippen LogP contribution is 2.39. The van der Waals surface area contributed by atoms with E-state index in [9.17, 15) is 44.5 Å². The summed E-state index contributed by atoms with van der Waals surface area (Å²) in [5, 5.41) is 31.8. The van der Waals surface area contributed by atoms with Crippen molar-refractivity contribution in [2.75, 3.05) is 38.9 Å². The van der Waals surface area contributed by atoms with Gasteiger partial charge in [-0.2, -0.15) is 10.2 Å². The van der Waals surface area contributed by atoms with Crippen molar-refractivity contribution in [2.45, 2.75) is 75.0 Å². The summed E-state index contributed by atoms with van der Waals surface area (Å²) in [6.45, 7) is -0.275. The standard InChI is InChI=1S/C38H41N5O16/c1-52-38(16-21-53-22-17-38)59-33-32(58-31(46)12-11-30(44)45)28(23-55-37(49)57-27(13-18-39)25-5-3-2-4-6-25)56-34(33)42-19-14-29(40-35(42)47)41-36(48)54-20-15-24-7-9-26(10-8-24)43(50)51/h2-10,14,19,27-28,32-34H,11-13,15-17,20-23H2,1H3,(H,44,45)(H,40,41,47,48)/t27?,28-,32-,33-,34-/m1/s1. The van der Waals surface area contributed by atoms with Crippen molar-refractivity contribution in [3.05, 3.63) is 98.6 Å². The predicted octanol–water partition coefficient (Wildman–Crippen LogP) is 3.96. The van der Waals surface area contributed by atoms with Crippen molar-refractivity contribution in [1.82, 2.24) is 9.55 Å². The van der Waals surface area contributed by atoms with Gasteiger partial charge in [-0.3, -0.25) is 29.6 Å². The SMILES string of the molecule is COC1(O[C@@H]2[C@H](OC(=O)CCC(=O)O)[C@@H](COC(=O)OC(CC#N)c3ccccc3)O[C@H]2n2ccc(NC(=O)OCCc3ccc([N+](=O)[O-])cc3)nc2=O)CCOCC1. The molecule has 2 aromatic carbocycles. The number of carboxylic acids is 1. The Morgan fingerprint density at radius 3 is 2.44 bits per heavy atom. The molecule has 2 fully saturated rings. The highest BCUT2D eigenvalue weighted by atomic mass is 16.7. The van der Waals surface area contributed by atoms with Crippen LogP contribution in [0.25, 0.3) is 0 Å². The molecule has 3 heterocycles. The number of benzene rings is 2. The lowest BCUT2D eigenvalue weighted by Gasteiger charge is -2.39. The number of aromatic nitrogens is 2. The number of carbonyl (C=O) groups is 4. The van der Waals surface area contributed by atoms with Crippen LogP contribution in [-0.2, 0) is 53.9 Å². The number of aliphatic carboxylic acids is 1. The average Bonchev–Trinajstić information content (AvgIpc) is 3.54. The monoisotopic (exact) mass is 823 g/mol. The molecule has 1 aromatic heterocycles. The normalized spacial score (nSPS) is 20.0. The van der Waals surface area contributed by atoms with Gasteiger partial charge in [0, 0.05) is 44.7 Å². The fourth-order valence-electron chi connectivity index (χ4n) is 6.20. The third-order valence-corrected chi connectivity index (χ3v) is 9.23. The number of esters is 1. The van der Waals surface area contributed by atoms with Crippen molar-refractivity contribution in [2.24, 2.45) is 0 Å². The lowest BCUT2D eigenvalue weighted by atomic mass is 10.1. The van der Waals surface area contributed by atoms with Crippen molar-refractivity contribution >= 4 is 35.7 Å². The first kappa shape index (κ1) is 43.6. The van der Waals surface area contributed by atoms with E-state index >= 15 is 0 Å². The molecule has 0 spiro atoms. The number of hydrogen-bond donors (Lipinski definition) is 2. The molecule has 0 aliphatic carbocycles. The Balaban J connectivity index is 1.36. The highest BCUT2D eigenvalue weighted by molar-refractivity contribution is 5.83. The fourth-order valence-corrected chi connectivity index (χ4v) is 6.20. The van der Waals surface area contributed by atoms with Crippen LogP contribution in [0.1, 0.15) is 55.6 Å². The van der Waals surface area contributed by atoms with Gasteiger partial charge in [0.05, 0.1) is 50.1 Å². The van der Waals surface area contributed by atoms with E-state index in [1.54, 1.807) is 30.3 Å². The van der Waals surface area contributed by atoms with Gasteiger partial charge in [0.1, 0.15) is 30.7 Å². The molecule has 314 valence electrons. The van der Waals surface area contributed by atoms with Gasteiger partial charge in [0.15, 0.2) is 18.1 Å². The third kappa shape index (κ3) is 12.3. The molecule has 21 heteroatoms. The van der Waals surface area contributed by atoms with Crippen LogP contribution in [0.3, 0.4) is 0 Å². The molecule has 0 saturated carbocycles. The molecular weight excluding hydrogens is 782 g/mol. The average molecular weight is 824 g/mol. The highest BCUT2D eigenvalue weighted by Gasteiger charge is 2.53. The van der Waals surface area contributed by atoms with E-state index in [0.29, 0.717) is 11.1 Å². The summed E-state index contributed by atoms with van der Waals surface area (Å²) >= 11 is 0. The topological polar surface area (TPSA) is 276 Å². The Hall–Kier alpha value is -6.47. The number of nitro benzene ring substituents is 1. The van der Waals surface area contributed by atoms with E-state index in [1.165, 1.54) is 43.6 Å². The summed E-state index contributed by atoms with van der Waals surface area (Å²) in [7, 11) is 1.39. The van der Waals surface area contributed by atoms with Gasteiger partial charge in [-0.1, -0.05) is 42.5 Å². The number of nitrogens with zero attached hydrogens (tertiary/aromatic N) is 4. The Bertz CT molecular complexity index is 2030. The lowest BCUT2D eigenvalue weighted by molar-refractivity contribution is -0.384. The largest absolute Gasteiger partial charge is 0.509 e. The predicted molar refractivity (Wildman–Crippen MR) is 197 cm³/mol. The lowest BCUT2D eigenvalue weighted by Crippen LogP contribution is -2.50. The van der Waals surface area contributed by atoms with E-state index in [2.05, 4.69) is 10.3 Å². The van der Waals surface area contributed by atoms with Crippen LogP contribution in [-0.4, -0.2) is 101 Å². The second kappa shape index (κ2) is 20.8. The molecule has 0 bridgehead atoms. The maximum Gasteiger partial charge on any atom is 0.509 e. The number of methoxy groups -OCH3 is 1. The van der Waals surface area contributed by atoms with Crippen molar-refractivity contribution < 1.29 is 67.1 Å². The molecule has 2 saturated heterocycles. The first-order valence-electron chi connectivity index (χ1n) is 18.3. The number of carboxylic acid groups (broad SMARTS) is 1. The maximum absolute atomic E-state index is 13.6. The first-order chi connectivity index (χ1) is 28.4. The number of nitriles is 1. The number of amides is 1. The van der Waals surface area contributed by atoms with Gasteiger partial charge in [0.25, 0.3) is 5.69 Å². The zero-order valence-corrected chi connectivity index (χ0v) is 31.7. The van der Waals surface area contributed by atoms with Gasteiger partial charge < -0.3 is 43.0 Å². The van der Waals surface area contributed by atoms with Crippen LogP contribution in [0.4, 0.5) is 21.1 Å². The summed E-state index contributed by atoms with van der Waals surface area (Å²) in [5.74, 6) is -3.76. The summed E-state index contributed by atoms with van der Waals surface area (Å²) < 4.78 is 46.7. The molecule has 2 aliphatic heterocycles. The van der Waals surface area contributed by atoms with Gasteiger partial charge >= 0.3 is 29.9 Å². The zero-order chi connectivity index (χ0) is 42.4. The Labute approximate surface area is 335 Å². The molecule has 5 rings (SSSR count). The van der Waals surface area contributed by atoms with Gasteiger partial charge in [-0.05, 0) is 17.2 Å². The minimum atomic E-state index is -1.44. The second-order valence-corrected chi connectivity index (χ2v) is 13.1. The first-order valence-corrected chi connectivity index (χ1v) is 18.3. The minimum absolute atomic E-state index is 0.0859. The molecule has 0 radical (unpaired) electrons. The summed E-state index contributed by atoms with van der Waals surface area (Å²) in [4.78, 5) is 77.7. The van der Waals surface area contributed by atoms with Crippen LogP contribution in [0.5, 0.6) is 0 Å². The number of nitro groups is 1. The van der Waals surface area contributed by atoms with Crippen LogP contribution >= 0.6 is 0 Å². The molecule has 5 atom stereocenters. The molecule has 2 aliphatic rings. The number of nitrogens with one attached hydrogen (secondary N) is 1. The van der Waals surface area contributed by atoms with Crippen LogP contribution in [0.15, 0.2) is 71.7 Å². The minimum Gasteiger partial charge on any atom is -0.481 e. The molecule has 1 amide bonds. The van der Waals surface area contributed by atoms with Gasteiger partial charge in [-0.15, -0.1) is 0 Å². The van der Waals surface area contributed by atoms with Crippen molar-refractivity contribution in [3.63, 3.8) is 0 Å². The number of ether oxygens (including phenoxy) is 8. The van der Waals surface area contributed by atoms with Crippen LogP contribution in [0.2, 0.25) is 0 Å². The Morgan fingerprint density at radius 1 is 1.07 bits per heavy atom. The van der Waals surface area contributed by atoms with E-state index in [1.807, 2.05) is 6.07 Å². The summed E-state index contributed by atoms with van der Waals surface area (Å²) in [5.41, 5.74) is 0.154. The molecule has 3 aromatic rings. The molecule has 1 unspecified atom stereocenters. The van der Waals surface area contributed by atoms with Crippen molar-refractivity contribution in [3.8, 4) is 6.07 Å². The van der Waals surface area contributed by atoms with E-state index < -0.39 is 90.7 Å². The van der Waals surface area contributed by atoms with Crippen LogP contribution in [0, 0.1) is 21.4 Å². The Kier molecular flexibility index (Phi) is 15.4. The number of carbonyl (C=O) groups excluding carboxylic acids is 3. The number of rotatable bonds is 18. The fraction of sp³-hybridized carbons (Fsp3) is 0.447. The second-order valence-electron chi connectivity index (χ2n) is 13.1. The summed E-state index contributed by atoms with van der Waals surface area (Å²) in [6.07, 6.45) is -8.13. The van der Waals surface area contributed by atoms with E-state index in [0.717, 1.165) is 4.57 Å². The number of anilines is 1. The maximum atomic E-state index is 13.6. The molecule has 21 nitrogen and oxygen atoms in total. The quantitative estimate of drug-likeness (QED) is 0.0603. The molecule has 59 heavy (non-hydrogen) atoms. The van der Waals surface area contributed by atoms with E-state index in [-0.39, 0.29) is 57.0 Å². The third-order valence-electron chi connectivity index (χ3n) is 9.23. The van der Waals surface area contributed by atoms with Gasteiger partial charge in [-0.25, -0.2) is 14.4 Å². The summed E-state index contributed by atoms with van der Waals surface area (Å²) in [6, 6.07) is 17.4.